The van der Waals surface area contributed by atoms with E-state index in [4.69, 9.17) is 0 Å². The molecule has 0 radical (unpaired) electrons. The number of rotatable bonds is 4. The van der Waals surface area contributed by atoms with Gasteiger partial charge in [-0.2, -0.15) is 0 Å². The molecule has 0 fully saturated rings. The lowest BCUT2D eigenvalue weighted by Crippen LogP contribution is -2.08. The minimum atomic E-state index is -0.527. The number of hydrogen-bond donors (Lipinski definition) is 2. The Labute approximate surface area is 117 Å². The second-order valence-electron chi connectivity index (χ2n) is 4.00. The van der Waals surface area contributed by atoms with Crippen molar-refractivity contribution in [2.75, 3.05) is 0 Å². The van der Waals surface area contributed by atoms with Crippen LogP contribution in [0.2, 0.25) is 0 Å². The third-order valence-electron chi connectivity index (χ3n) is 2.48. The SMILES string of the molecule is Cc1cc(=O)[nH]c(Sc2ccc([N+](=O)[O-])cc2CO)n1. The summed E-state index contributed by atoms with van der Waals surface area (Å²) in [5.41, 5.74) is 0.619. The van der Waals surface area contributed by atoms with Gasteiger partial charge in [-0.25, -0.2) is 4.98 Å². The van der Waals surface area contributed by atoms with E-state index >= 15 is 0 Å². The first-order chi connectivity index (χ1) is 9.49. The molecular weight excluding hydrogens is 282 g/mol. The minimum Gasteiger partial charge on any atom is -0.392 e. The van der Waals surface area contributed by atoms with E-state index < -0.39 is 4.92 Å². The first kappa shape index (κ1) is 14.2. The van der Waals surface area contributed by atoms with Crippen molar-refractivity contribution in [3.05, 3.63) is 56.0 Å². The summed E-state index contributed by atoms with van der Waals surface area (Å²) in [5.74, 6) is 0. The summed E-state index contributed by atoms with van der Waals surface area (Å²) in [6, 6.07) is 5.54. The fraction of sp³-hybridized carbons (Fsp3) is 0.167. The first-order valence-electron chi connectivity index (χ1n) is 5.63. The zero-order valence-corrected chi connectivity index (χ0v) is 11.3. The van der Waals surface area contributed by atoms with Crippen LogP contribution in [0.5, 0.6) is 0 Å². The van der Waals surface area contributed by atoms with E-state index in [0.717, 1.165) is 11.8 Å². The van der Waals surface area contributed by atoms with Crippen molar-refractivity contribution in [1.29, 1.82) is 0 Å². The Bertz CT molecular complexity index is 714. The van der Waals surface area contributed by atoms with E-state index in [0.29, 0.717) is 21.3 Å². The van der Waals surface area contributed by atoms with Crippen LogP contribution in [0.4, 0.5) is 5.69 Å². The standard InChI is InChI=1S/C12H11N3O4S/c1-7-4-11(17)14-12(13-7)20-10-3-2-9(15(18)19)5-8(10)6-16/h2-5,16H,6H2,1H3,(H,13,14,17). The van der Waals surface area contributed by atoms with E-state index in [1.54, 1.807) is 6.92 Å². The highest BCUT2D eigenvalue weighted by atomic mass is 32.2. The molecule has 0 aliphatic carbocycles. The Morgan fingerprint density at radius 1 is 1.45 bits per heavy atom. The summed E-state index contributed by atoms with van der Waals surface area (Å²) in [5, 5.41) is 20.3. The average Bonchev–Trinajstić information content (AvgIpc) is 2.37. The van der Waals surface area contributed by atoms with E-state index in [1.165, 1.54) is 24.3 Å². The predicted octanol–water partition coefficient (Wildman–Crippen LogP) is 1.63. The van der Waals surface area contributed by atoms with Crippen molar-refractivity contribution in [2.24, 2.45) is 0 Å². The highest BCUT2D eigenvalue weighted by Gasteiger charge is 2.12. The number of nitrogens with zero attached hydrogens (tertiary/aromatic N) is 2. The largest absolute Gasteiger partial charge is 0.392 e. The van der Waals surface area contributed by atoms with Crippen LogP contribution in [0.15, 0.2) is 39.1 Å². The molecule has 0 spiro atoms. The van der Waals surface area contributed by atoms with Crippen molar-refractivity contribution >= 4 is 17.4 Å². The Morgan fingerprint density at radius 2 is 2.20 bits per heavy atom. The van der Waals surface area contributed by atoms with Crippen LogP contribution in [0, 0.1) is 17.0 Å². The number of H-pyrrole nitrogens is 1. The van der Waals surface area contributed by atoms with Crippen molar-refractivity contribution in [1.82, 2.24) is 9.97 Å². The maximum absolute atomic E-state index is 11.4. The molecule has 20 heavy (non-hydrogen) atoms. The van der Waals surface area contributed by atoms with E-state index in [2.05, 4.69) is 9.97 Å². The second kappa shape index (κ2) is 5.85. The van der Waals surface area contributed by atoms with Crippen LogP contribution >= 0.6 is 11.8 Å². The zero-order valence-electron chi connectivity index (χ0n) is 10.5. The number of aromatic nitrogens is 2. The molecule has 2 aromatic rings. The highest BCUT2D eigenvalue weighted by molar-refractivity contribution is 7.99. The fourth-order valence-corrected chi connectivity index (χ4v) is 2.55. The van der Waals surface area contributed by atoms with Crippen LogP contribution < -0.4 is 5.56 Å². The van der Waals surface area contributed by atoms with Gasteiger partial charge in [0.2, 0.25) is 0 Å². The lowest BCUT2D eigenvalue weighted by molar-refractivity contribution is -0.385. The molecule has 0 bridgehead atoms. The molecule has 1 aromatic carbocycles. The molecular formula is C12H11N3O4S. The number of hydrogen-bond acceptors (Lipinski definition) is 6. The Balaban J connectivity index is 2.37. The van der Waals surface area contributed by atoms with Gasteiger partial charge < -0.3 is 10.1 Å². The number of nitro groups is 1. The molecule has 1 heterocycles. The quantitative estimate of drug-likeness (QED) is 0.504. The maximum atomic E-state index is 11.4. The monoisotopic (exact) mass is 293 g/mol. The van der Waals surface area contributed by atoms with Gasteiger partial charge in [-0.05, 0) is 18.6 Å². The van der Waals surface area contributed by atoms with Crippen molar-refractivity contribution in [3.8, 4) is 0 Å². The molecule has 0 unspecified atom stereocenters. The number of aliphatic hydroxyl groups is 1. The maximum Gasteiger partial charge on any atom is 0.269 e. The second-order valence-corrected chi connectivity index (χ2v) is 5.03. The molecule has 0 atom stereocenters. The average molecular weight is 293 g/mol. The lowest BCUT2D eigenvalue weighted by atomic mass is 10.2. The molecule has 1 aromatic heterocycles. The Morgan fingerprint density at radius 3 is 2.80 bits per heavy atom. The van der Waals surface area contributed by atoms with Gasteiger partial charge in [-0.1, -0.05) is 11.8 Å². The van der Waals surface area contributed by atoms with Gasteiger partial charge in [0.05, 0.1) is 11.5 Å². The molecule has 2 N–H and O–H groups in total. The topological polar surface area (TPSA) is 109 Å². The summed E-state index contributed by atoms with van der Waals surface area (Å²) < 4.78 is 0. The highest BCUT2D eigenvalue weighted by Crippen LogP contribution is 2.30. The predicted molar refractivity (Wildman–Crippen MR) is 72.7 cm³/mol. The molecule has 0 aliphatic rings. The van der Waals surface area contributed by atoms with Gasteiger partial charge in [-0.3, -0.25) is 14.9 Å². The smallest absolute Gasteiger partial charge is 0.269 e. The van der Waals surface area contributed by atoms with E-state index in [9.17, 15) is 20.0 Å². The minimum absolute atomic E-state index is 0.0934. The first-order valence-corrected chi connectivity index (χ1v) is 6.45. The summed E-state index contributed by atoms with van der Waals surface area (Å²) in [6.45, 7) is 1.36. The summed E-state index contributed by atoms with van der Waals surface area (Å²) in [7, 11) is 0. The number of aromatic amines is 1. The van der Waals surface area contributed by atoms with Crippen LogP contribution in [0.25, 0.3) is 0 Å². The molecule has 0 amide bonds. The molecule has 104 valence electrons. The number of nitro benzene ring substituents is 1. The molecule has 0 aliphatic heterocycles. The van der Waals surface area contributed by atoms with E-state index in [1.807, 2.05) is 0 Å². The van der Waals surface area contributed by atoms with Gasteiger partial charge in [0.15, 0.2) is 5.16 Å². The molecule has 0 saturated heterocycles. The van der Waals surface area contributed by atoms with Gasteiger partial charge in [0, 0.05) is 28.8 Å². The number of aryl methyl sites for hydroxylation is 1. The molecule has 0 saturated carbocycles. The molecule has 8 heteroatoms. The summed E-state index contributed by atoms with van der Waals surface area (Å²) in [6.07, 6.45) is 0. The number of non-ortho nitro benzene ring substituents is 1. The van der Waals surface area contributed by atoms with Crippen LogP contribution in [0.3, 0.4) is 0 Å². The van der Waals surface area contributed by atoms with Crippen molar-refractivity contribution in [3.63, 3.8) is 0 Å². The van der Waals surface area contributed by atoms with Crippen LogP contribution in [-0.2, 0) is 6.61 Å². The number of benzene rings is 1. The van der Waals surface area contributed by atoms with Crippen LogP contribution in [-0.4, -0.2) is 20.0 Å². The van der Waals surface area contributed by atoms with Crippen molar-refractivity contribution < 1.29 is 10.0 Å². The third-order valence-corrected chi connectivity index (χ3v) is 3.48. The Hall–Kier alpha value is -2.19. The third kappa shape index (κ3) is 3.22. The van der Waals surface area contributed by atoms with Gasteiger partial charge >= 0.3 is 0 Å². The Kier molecular flexibility index (Phi) is 4.16. The van der Waals surface area contributed by atoms with Gasteiger partial charge in [0.25, 0.3) is 11.2 Å². The molecule has 7 nitrogen and oxygen atoms in total. The lowest BCUT2D eigenvalue weighted by Gasteiger charge is -2.06. The summed E-state index contributed by atoms with van der Waals surface area (Å²) in [4.78, 5) is 28.8. The normalized spacial score (nSPS) is 10.5. The molecule has 2 rings (SSSR count). The van der Waals surface area contributed by atoms with Gasteiger partial charge in [-0.15, -0.1) is 0 Å². The van der Waals surface area contributed by atoms with Gasteiger partial charge in [0.1, 0.15) is 0 Å². The number of nitrogens with one attached hydrogen (secondary N) is 1. The summed E-state index contributed by atoms with van der Waals surface area (Å²) >= 11 is 1.14. The fourth-order valence-electron chi connectivity index (χ4n) is 1.61. The zero-order chi connectivity index (χ0) is 14.7. The van der Waals surface area contributed by atoms with E-state index in [-0.39, 0.29) is 17.9 Å². The van der Waals surface area contributed by atoms with Crippen LogP contribution in [0.1, 0.15) is 11.3 Å². The van der Waals surface area contributed by atoms with Crippen molar-refractivity contribution in [2.45, 2.75) is 23.6 Å². The number of aliphatic hydroxyl groups excluding tert-OH is 1.